The monoisotopic (exact) mass is 388 g/mol. The number of rotatable bonds is 6. The van der Waals surface area contributed by atoms with Gasteiger partial charge in [-0.15, -0.1) is 0 Å². The Morgan fingerprint density at radius 1 is 1.19 bits per heavy atom. The van der Waals surface area contributed by atoms with Gasteiger partial charge in [-0.05, 0) is 49.9 Å². The maximum Gasteiger partial charge on any atom is 0.276 e. The smallest absolute Gasteiger partial charge is 0.276 e. The molecule has 1 aliphatic heterocycles. The van der Waals surface area contributed by atoms with Crippen LogP contribution in [0.4, 0.5) is 11.4 Å². The van der Waals surface area contributed by atoms with E-state index in [0.29, 0.717) is 17.3 Å². The van der Waals surface area contributed by atoms with Gasteiger partial charge in [0.1, 0.15) is 5.69 Å². The lowest BCUT2D eigenvalue weighted by atomic mass is 10.1. The van der Waals surface area contributed by atoms with Crippen molar-refractivity contribution in [3.63, 3.8) is 0 Å². The summed E-state index contributed by atoms with van der Waals surface area (Å²) in [6.07, 6.45) is 5.40. The zero-order chi connectivity index (χ0) is 19.2. The third-order valence-electron chi connectivity index (χ3n) is 4.73. The maximum atomic E-state index is 12.5. The highest BCUT2D eigenvalue weighted by molar-refractivity contribution is 6.33. The van der Waals surface area contributed by atoms with E-state index in [0.717, 1.165) is 31.6 Å². The molecule has 0 unspecified atom stereocenters. The third kappa shape index (κ3) is 4.89. The summed E-state index contributed by atoms with van der Waals surface area (Å²) in [7, 11) is 0. The fourth-order valence-electron chi connectivity index (χ4n) is 3.21. The first-order valence-electron chi connectivity index (χ1n) is 9.52. The number of carbonyl (C=O) groups excluding carboxylic acids is 1. The Hall–Kier alpha value is -2.34. The van der Waals surface area contributed by atoms with E-state index in [4.69, 9.17) is 11.6 Å². The number of hydrogen-bond acceptors (Lipinski definition) is 4. The van der Waals surface area contributed by atoms with Crippen LogP contribution in [-0.4, -0.2) is 28.8 Å². The molecule has 0 aliphatic carbocycles. The summed E-state index contributed by atoms with van der Waals surface area (Å²) in [5.41, 5.74) is 1.62. The number of aromatic nitrogens is 2. The molecule has 2 heterocycles. The predicted molar refractivity (Wildman–Crippen MR) is 109 cm³/mol. The normalized spacial score (nSPS) is 14.2. The molecule has 6 nitrogen and oxygen atoms in total. The van der Waals surface area contributed by atoms with Crippen molar-refractivity contribution >= 4 is 28.9 Å². The van der Waals surface area contributed by atoms with Crippen LogP contribution in [0.2, 0.25) is 5.02 Å². The van der Waals surface area contributed by atoms with Gasteiger partial charge in [-0.2, -0.15) is 5.10 Å². The van der Waals surface area contributed by atoms with Crippen LogP contribution in [0, 0.1) is 0 Å². The summed E-state index contributed by atoms with van der Waals surface area (Å²) in [6, 6.07) is 8.38. The van der Waals surface area contributed by atoms with Crippen LogP contribution in [-0.2, 0) is 6.54 Å². The second-order valence-electron chi connectivity index (χ2n) is 6.80. The zero-order valence-electron chi connectivity index (χ0n) is 15.6. The molecule has 0 radical (unpaired) electrons. The van der Waals surface area contributed by atoms with Crippen molar-refractivity contribution in [3.05, 3.63) is 51.4 Å². The van der Waals surface area contributed by atoms with Crippen LogP contribution in [0.25, 0.3) is 0 Å². The Morgan fingerprint density at radius 3 is 2.67 bits per heavy atom. The molecule has 1 N–H and O–H groups in total. The van der Waals surface area contributed by atoms with E-state index in [1.807, 2.05) is 19.1 Å². The number of halogens is 1. The summed E-state index contributed by atoms with van der Waals surface area (Å²) in [5.74, 6) is -0.359. The topological polar surface area (TPSA) is 67.2 Å². The summed E-state index contributed by atoms with van der Waals surface area (Å²) in [6.45, 7) is 4.56. The average molecular weight is 389 g/mol. The highest BCUT2D eigenvalue weighted by Gasteiger charge is 2.15. The largest absolute Gasteiger partial charge is 0.370 e. The van der Waals surface area contributed by atoms with Crippen molar-refractivity contribution in [1.29, 1.82) is 0 Å². The van der Waals surface area contributed by atoms with Crippen LogP contribution in [0.5, 0.6) is 0 Å². The highest BCUT2D eigenvalue weighted by Crippen LogP contribution is 2.30. The minimum absolute atomic E-state index is 0.200. The number of aryl methyl sites for hydroxylation is 1. The van der Waals surface area contributed by atoms with Crippen molar-refractivity contribution < 1.29 is 4.79 Å². The summed E-state index contributed by atoms with van der Waals surface area (Å²) in [5, 5.41) is 7.60. The van der Waals surface area contributed by atoms with Crippen molar-refractivity contribution in [3.8, 4) is 0 Å². The van der Waals surface area contributed by atoms with Gasteiger partial charge in [0.2, 0.25) is 0 Å². The molecule has 0 atom stereocenters. The number of hydrogen-bond donors (Lipinski definition) is 1. The van der Waals surface area contributed by atoms with Gasteiger partial charge in [-0.3, -0.25) is 9.59 Å². The number of nitrogens with one attached hydrogen (secondary N) is 1. The van der Waals surface area contributed by atoms with Crippen molar-refractivity contribution in [2.24, 2.45) is 0 Å². The molecule has 1 saturated heterocycles. The summed E-state index contributed by atoms with van der Waals surface area (Å²) < 4.78 is 1.34. The fourth-order valence-corrected chi connectivity index (χ4v) is 3.51. The van der Waals surface area contributed by atoms with Crippen molar-refractivity contribution in [1.82, 2.24) is 9.78 Å². The van der Waals surface area contributed by atoms with E-state index < -0.39 is 0 Å². The lowest BCUT2D eigenvalue weighted by Gasteiger charge is -2.29. The highest BCUT2D eigenvalue weighted by atomic mass is 35.5. The van der Waals surface area contributed by atoms with Gasteiger partial charge < -0.3 is 10.2 Å². The number of piperidine rings is 1. The Labute approximate surface area is 164 Å². The molecule has 2 aromatic rings. The first kappa shape index (κ1) is 19.4. The Kier molecular flexibility index (Phi) is 6.50. The molecule has 0 spiro atoms. The lowest BCUT2D eigenvalue weighted by molar-refractivity contribution is 0.101. The molecule has 1 fully saturated rings. The van der Waals surface area contributed by atoms with E-state index >= 15 is 0 Å². The number of carbonyl (C=O) groups is 1. The molecule has 1 aromatic carbocycles. The van der Waals surface area contributed by atoms with Crippen LogP contribution >= 0.6 is 11.6 Å². The minimum atomic E-state index is -0.359. The van der Waals surface area contributed by atoms with Gasteiger partial charge in [0.25, 0.3) is 11.5 Å². The van der Waals surface area contributed by atoms with Crippen molar-refractivity contribution in [2.45, 2.75) is 45.6 Å². The van der Waals surface area contributed by atoms with Crippen LogP contribution in [0.1, 0.15) is 49.5 Å². The number of unbranched alkanes of at least 4 members (excludes halogenated alkanes) is 1. The molecule has 144 valence electrons. The van der Waals surface area contributed by atoms with Gasteiger partial charge in [0.15, 0.2) is 0 Å². The quantitative estimate of drug-likeness (QED) is 0.813. The predicted octanol–water partition coefficient (Wildman–Crippen LogP) is 3.94. The number of anilines is 2. The van der Waals surface area contributed by atoms with Gasteiger partial charge in [0.05, 0.1) is 10.7 Å². The number of amides is 1. The molecule has 0 saturated carbocycles. The van der Waals surface area contributed by atoms with Gasteiger partial charge in [0, 0.05) is 31.4 Å². The minimum Gasteiger partial charge on any atom is -0.370 e. The molecule has 1 aromatic heterocycles. The van der Waals surface area contributed by atoms with Gasteiger partial charge in [-0.1, -0.05) is 24.9 Å². The first-order chi connectivity index (χ1) is 13.1. The second kappa shape index (κ2) is 9.04. The van der Waals surface area contributed by atoms with E-state index in [2.05, 4.69) is 15.3 Å². The number of nitrogens with zero attached hydrogens (tertiary/aromatic N) is 3. The fraction of sp³-hybridized carbons (Fsp3) is 0.450. The lowest BCUT2D eigenvalue weighted by Crippen LogP contribution is -2.29. The van der Waals surface area contributed by atoms with E-state index in [9.17, 15) is 9.59 Å². The second-order valence-corrected chi connectivity index (χ2v) is 7.21. The van der Waals surface area contributed by atoms with Gasteiger partial charge >= 0.3 is 0 Å². The Balaban J connectivity index is 1.72. The molecular weight excluding hydrogens is 364 g/mol. The molecule has 27 heavy (non-hydrogen) atoms. The standard InChI is InChI=1S/C20H25ClN4O2/c1-2-3-13-25-19(26)10-8-17(23-25)20(27)22-15-7-9-18(16(21)14-15)24-11-5-4-6-12-24/h7-10,14H,2-6,11-13H2,1H3,(H,22,27). The first-order valence-corrected chi connectivity index (χ1v) is 9.90. The summed E-state index contributed by atoms with van der Waals surface area (Å²) in [4.78, 5) is 26.6. The average Bonchev–Trinajstić information content (AvgIpc) is 2.68. The van der Waals surface area contributed by atoms with Crippen LogP contribution < -0.4 is 15.8 Å². The Bertz CT molecular complexity index is 859. The SMILES string of the molecule is CCCCn1nc(C(=O)Nc2ccc(N3CCCCC3)c(Cl)c2)ccc1=O. The molecule has 1 aliphatic rings. The van der Waals surface area contributed by atoms with E-state index in [1.54, 1.807) is 6.07 Å². The van der Waals surface area contributed by atoms with E-state index in [-0.39, 0.29) is 17.2 Å². The molecular formula is C20H25ClN4O2. The van der Waals surface area contributed by atoms with Crippen LogP contribution in [0.3, 0.4) is 0 Å². The molecule has 0 bridgehead atoms. The number of benzene rings is 1. The van der Waals surface area contributed by atoms with Crippen LogP contribution in [0.15, 0.2) is 35.1 Å². The van der Waals surface area contributed by atoms with Crippen molar-refractivity contribution in [2.75, 3.05) is 23.3 Å². The maximum absolute atomic E-state index is 12.5. The summed E-state index contributed by atoms with van der Waals surface area (Å²) >= 11 is 6.44. The van der Waals surface area contributed by atoms with E-state index in [1.165, 1.54) is 36.1 Å². The van der Waals surface area contributed by atoms with Gasteiger partial charge in [-0.25, -0.2) is 4.68 Å². The third-order valence-corrected chi connectivity index (χ3v) is 5.03. The molecule has 3 rings (SSSR count). The molecule has 1 amide bonds. The molecule has 7 heteroatoms. The zero-order valence-corrected chi connectivity index (χ0v) is 16.3. The Morgan fingerprint density at radius 2 is 1.96 bits per heavy atom.